The second kappa shape index (κ2) is 3.57. The van der Waals surface area contributed by atoms with Crippen LogP contribution in [-0.2, 0) is 0 Å². The Morgan fingerprint density at radius 2 is 2.17 bits per heavy atom. The lowest BCUT2D eigenvalue weighted by atomic mass is 10.1. The summed E-state index contributed by atoms with van der Waals surface area (Å²) in [5.74, 6) is 0.644. The van der Waals surface area contributed by atoms with Gasteiger partial charge in [0.05, 0.1) is 5.69 Å². The minimum atomic E-state index is 0.182. The second-order valence-corrected chi connectivity index (χ2v) is 3.26. The lowest BCUT2D eigenvalue weighted by molar-refractivity contribution is 0.0984. The number of nitrogens with one attached hydrogen (secondary N) is 1. The standard InChI is InChI=1S/C10H15NO/c1-4-10(12)9-6-5-8(11-9)7(2)3/h5-7,11H,4H2,1-3H3. The van der Waals surface area contributed by atoms with Crippen LogP contribution in [0.3, 0.4) is 0 Å². The van der Waals surface area contributed by atoms with Crippen molar-refractivity contribution < 1.29 is 4.79 Å². The van der Waals surface area contributed by atoms with Gasteiger partial charge in [0, 0.05) is 12.1 Å². The molecule has 0 fully saturated rings. The van der Waals surface area contributed by atoms with Gasteiger partial charge in [0.25, 0.3) is 0 Å². The number of aromatic amines is 1. The maximum atomic E-state index is 11.2. The molecular formula is C10H15NO. The van der Waals surface area contributed by atoms with Crippen LogP contribution in [0, 0.1) is 0 Å². The molecule has 0 aliphatic heterocycles. The fourth-order valence-electron chi connectivity index (χ4n) is 1.10. The van der Waals surface area contributed by atoms with Crippen LogP contribution in [0.15, 0.2) is 12.1 Å². The van der Waals surface area contributed by atoms with E-state index in [1.807, 2.05) is 19.1 Å². The van der Waals surface area contributed by atoms with Gasteiger partial charge in [0.15, 0.2) is 5.78 Å². The summed E-state index contributed by atoms with van der Waals surface area (Å²) in [5.41, 5.74) is 1.87. The van der Waals surface area contributed by atoms with Gasteiger partial charge < -0.3 is 4.98 Å². The minimum absolute atomic E-state index is 0.182. The van der Waals surface area contributed by atoms with Crippen molar-refractivity contribution in [3.63, 3.8) is 0 Å². The SMILES string of the molecule is CCC(=O)c1ccc(C(C)C)[nH]1. The molecule has 0 saturated carbocycles. The largest absolute Gasteiger partial charge is 0.356 e. The van der Waals surface area contributed by atoms with Gasteiger partial charge in [-0.25, -0.2) is 0 Å². The highest BCUT2D eigenvalue weighted by Crippen LogP contribution is 2.13. The normalized spacial score (nSPS) is 10.7. The molecule has 0 unspecified atom stereocenters. The van der Waals surface area contributed by atoms with Crippen molar-refractivity contribution in [2.24, 2.45) is 0 Å². The number of aromatic nitrogens is 1. The number of carbonyl (C=O) groups excluding carboxylic acids is 1. The molecule has 1 aromatic heterocycles. The first-order chi connectivity index (χ1) is 5.65. The van der Waals surface area contributed by atoms with E-state index < -0.39 is 0 Å². The first-order valence-electron chi connectivity index (χ1n) is 4.37. The third-order valence-electron chi connectivity index (χ3n) is 1.95. The fraction of sp³-hybridized carbons (Fsp3) is 0.500. The number of Topliss-reactive ketones (excluding diaryl/α,β-unsaturated/α-hetero) is 1. The Hall–Kier alpha value is -1.05. The van der Waals surface area contributed by atoms with E-state index in [0.717, 1.165) is 11.4 Å². The third-order valence-corrected chi connectivity index (χ3v) is 1.95. The highest BCUT2D eigenvalue weighted by atomic mass is 16.1. The molecule has 0 spiro atoms. The van der Waals surface area contributed by atoms with E-state index in [4.69, 9.17) is 0 Å². The Balaban J connectivity index is 2.84. The van der Waals surface area contributed by atoms with Crippen LogP contribution in [-0.4, -0.2) is 10.8 Å². The second-order valence-electron chi connectivity index (χ2n) is 3.26. The molecule has 0 bridgehead atoms. The summed E-state index contributed by atoms with van der Waals surface area (Å²) in [4.78, 5) is 14.3. The Morgan fingerprint density at radius 3 is 2.58 bits per heavy atom. The predicted molar refractivity (Wildman–Crippen MR) is 49.5 cm³/mol. The van der Waals surface area contributed by atoms with Gasteiger partial charge in [0.2, 0.25) is 0 Å². The van der Waals surface area contributed by atoms with Crippen LogP contribution in [0.5, 0.6) is 0 Å². The monoisotopic (exact) mass is 165 g/mol. The van der Waals surface area contributed by atoms with Gasteiger partial charge >= 0.3 is 0 Å². The zero-order chi connectivity index (χ0) is 9.14. The summed E-state index contributed by atoms with van der Waals surface area (Å²) in [7, 11) is 0. The Bertz CT molecular complexity index is 273. The van der Waals surface area contributed by atoms with Gasteiger partial charge in [-0.15, -0.1) is 0 Å². The van der Waals surface area contributed by atoms with Crippen LogP contribution in [0.25, 0.3) is 0 Å². The maximum absolute atomic E-state index is 11.2. The highest BCUT2D eigenvalue weighted by molar-refractivity contribution is 5.94. The summed E-state index contributed by atoms with van der Waals surface area (Å²) < 4.78 is 0. The summed E-state index contributed by atoms with van der Waals surface area (Å²) in [5, 5.41) is 0. The van der Waals surface area contributed by atoms with Crippen LogP contribution < -0.4 is 0 Å². The van der Waals surface area contributed by atoms with Crippen LogP contribution in [0.1, 0.15) is 49.3 Å². The molecule has 0 aliphatic carbocycles. The molecule has 0 aliphatic rings. The van der Waals surface area contributed by atoms with Crippen molar-refractivity contribution in [3.8, 4) is 0 Å². The highest BCUT2D eigenvalue weighted by Gasteiger charge is 2.07. The summed E-state index contributed by atoms with van der Waals surface area (Å²) in [6.45, 7) is 6.08. The molecule has 2 heteroatoms. The molecule has 12 heavy (non-hydrogen) atoms. The van der Waals surface area contributed by atoms with Crippen LogP contribution in [0.2, 0.25) is 0 Å². The van der Waals surface area contributed by atoms with E-state index in [1.165, 1.54) is 0 Å². The predicted octanol–water partition coefficient (Wildman–Crippen LogP) is 2.73. The number of carbonyl (C=O) groups is 1. The van der Waals surface area contributed by atoms with Crippen molar-refractivity contribution in [3.05, 3.63) is 23.5 Å². The zero-order valence-corrected chi connectivity index (χ0v) is 7.85. The van der Waals surface area contributed by atoms with E-state index >= 15 is 0 Å². The van der Waals surface area contributed by atoms with Gasteiger partial charge in [-0.1, -0.05) is 20.8 Å². The van der Waals surface area contributed by atoms with Gasteiger partial charge in [-0.3, -0.25) is 4.79 Å². The van der Waals surface area contributed by atoms with Crippen LogP contribution >= 0.6 is 0 Å². The lowest BCUT2D eigenvalue weighted by Gasteiger charge is -1.99. The van der Waals surface area contributed by atoms with Crippen molar-refractivity contribution in [1.82, 2.24) is 4.98 Å². The Labute approximate surface area is 73.0 Å². The van der Waals surface area contributed by atoms with Crippen LogP contribution in [0.4, 0.5) is 0 Å². The molecule has 0 amide bonds. The quantitative estimate of drug-likeness (QED) is 0.686. The minimum Gasteiger partial charge on any atom is -0.356 e. The first kappa shape index (κ1) is 9.04. The topological polar surface area (TPSA) is 32.9 Å². The van der Waals surface area contributed by atoms with E-state index in [1.54, 1.807) is 0 Å². The molecule has 0 radical (unpaired) electrons. The first-order valence-corrected chi connectivity index (χ1v) is 4.37. The summed E-state index contributed by atoms with van der Waals surface area (Å²) >= 11 is 0. The smallest absolute Gasteiger partial charge is 0.178 e. The van der Waals surface area contributed by atoms with E-state index in [0.29, 0.717) is 12.3 Å². The van der Waals surface area contributed by atoms with Gasteiger partial charge in [0.1, 0.15) is 0 Å². The summed E-state index contributed by atoms with van der Waals surface area (Å²) in [6, 6.07) is 3.84. The average Bonchev–Trinajstić information content (AvgIpc) is 2.51. The molecule has 1 rings (SSSR count). The molecule has 66 valence electrons. The Kier molecular flexibility index (Phi) is 2.69. The molecule has 1 aromatic rings. The Morgan fingerprint density at radius 1 is 1.50 bits per heavy atom. The third kappa shape index (κ3) is 1.76. The number of rotatable bonds is 3. The molecule has 2 nitrogen and oxygen atoms in total. The van der Waals surface area contributed by atoms with Crippen molar-refractivity contribution in [2.75, 3.05) is 0 Å². The van der Waals surface area contributed by atoms with Crippen molar-refractivity contribution in [2.45, 2.75) is 33.1 Å². The number of hydrogen-bond donors (Lipinski definition) is 1. The average molecular weight is 165 g/mol. The number of H-pyrrole nitrogens is 1. The zero-order valence-electron chi connectivity index (χ0n) is 7.85. The van der Waals surface area contributed by atoms with Crippen molar-refractivity contribution >= 4 is 5.78 Å². The summed E-state index contributed by atoms with van der Waals surface area (Å²) in [6.07, 6.45) is 0.568. The van der Waals surface area contributed by atoms with Gasteiger partial charge in [-0.05, 0) is 18.1 Å². The van der Waals surface area contributed by atoms with Crippen molar-refractivity contribution in [1.29, 1.82) is 0 Å². The lowest BCUT2D eigenvalue weighted by Crippen LogP contribution is -1.97. The van der Waals surface area contributed by atoms with Gasteiger partial charge in [-0.2, -0.15) is 0 Å². The number of ketones is 1. The molecule has 0 saturated heterocycles. The van der Waals surface area contributed by atoms with E-state index in [-0.39, 0.29) is 5.78 Å². The van der Waals surface area contributed by atoms with E-state index in [2.05, 4.69) is 18.8 Å². The molecule has 1 heterocycles. The number of hydrogen-bond acceptors (Lipinski definition) is 1. The molecule has 1 N–H and O–H groups in total. The molecule has 0 atom stereocenters. The fourth-order valence-corrected chi connectivity index (χ4v) is 1.10. The maximum Gasteiger partial charge on any atom is 0.178 e. The molecule has 0 aromatic carbocycles. The molecular weight excluding hydrogens is 150 g/mol. The van der Waals surface area contributed by atoms with E-state index in [9.17, 15) is 4.79 Å².